The molecule has 0 aliphatic heterocycles. The second-order valence-electron chi connectivity index (χ2n) is 16.8. The van der Waals surface area contributed by atoms with Gasteiger partial charge in [0.2, 0.25) is 5.69 Å². The number of fused-ring (bicyclic) bond motifs is 6. The van der Waals surface area contributed by atoms with E-state index >= 15 is 0 Å². The standard InChI is InChI=1S/C61H35N5/c1-63-59-54(40-21-10-4-11-22-40)49(37-62)60(65-50-32-30-42(38-17-6-2-7-18-38)35-47(50)48-36-43(31-33-51(48)65)39-19-8-3-9-20-39)55(41-23-12-5-13-24-41)61(59)66-52-28-14-25-44-45-27-16-34-64-58(45)46-26-15-29-53(66)57(46)56(44)52/h2-36H. The molecule has 0 unspecified atom stereocenters. The molecule has 0 radical (unpaired) electrons. The molecule has 13 rings (SSSR count). The van der Waals surface area contributed by atoms with Crippen molar-refractivity contribution >= 4 is 71.0 Å². The van der Waals surface area contributed by atoms with E-state index in [1.54, 1.807) is 0 Å². The fraction of sp³-hybridized carbons (Fsp3) is 0. The molecule has 0 N–H and O–H groups in total. The van der Waals surface area contributed by atoms with Gasteiger partial charge in [-0.15, -0.1) is 0 Å². The van der Waals surface area contributed by atoms with E-state index in [2.05, 4.69) is 160 Å². The van der Waals surface area contributed by atoms with Gasteiger partial charge >= 0.3 is 0 Å². The average Bonchev–Trinajstić information content (AvgIpc) is 3.91. The second kappa shape index (κ2) is 14.6. The Morgan fingerprint density at radius 1 is 0.409 bits per heavy atom. The van der Waals surface area contributed by atoms with Gasteiger partial charge in [0, 0.05) is 49.6 Å². The third-order valence-electron chi connectivity index (χ3n) is 13.4. The van der Waals surface area contributed by atoms with Crippen LogP contribution in [0.1, 0.15) is 5.56 Å². The first-order valence-corrected chi connectivity index (χ1v) is 22.1. The summed E-state index contributed by atoms with van der Waals surface area (Å²) in [5.41, 5.74) is 14.6. The fourth-order valence-corrected chi connectivity index (χ4v) is 10.6. The largest absolute Gasteiger partial charge is 0.318 e. The van der Waals surface area contributed by atoms with E-state index in [1.807, 2.05) is 72.9 Å². The van der Waals surface area contributed by atoms with Gasteiger partial charge in [-0.25, -0.2) is 4.85 Å². The van der Waals surface area contributed by atoms with Gasteiger partial charge in [-0.2, -0.15) is 5.26 Å². The maximum absolute atomic E-state index is 11.8. The summed E-state index contributed by atoms with van der Waals surface area (Å²) in [6, 6.07) is 74.4. The quantitative estimate of drug-likeness (QED) is 0.124. The lowest BCUT2D eigenvalue weighted by molar-refractivity contribution is 1.13. The summed E-state index contributed by atoms with van der Waals surface area (Å²) in [4.78, 5) is 9.45. The highest BCUT2D eigenvalue weighted by Crippen LogP contribution is 2.53. The Kier molecular flexibility index (Phi) is 8.27. The molecule has 0 saturated carbocycles. The number of rotatable bonds is 6. The molecule has 0 aliphatic carbocycles. The first-order chi connectivity index (χ1) is 32.7. The summed E-state index contributed by atoms with van der Waals surface area (Å²) in [6.07, 6.45) is 1.86. The van der Waals surface area contributed by atoms with Gasteiger partial charge < -0.3 is 9.13 Å². The highest BCUT2D eigenvalue weighted by atomic mass is 15.0. The normalized spacial score (nSPS) is 11.6. The van der Waals surface area contributed by atoms with Crippen LogP contribution in [-0.4, -0.2) is 14.1 Å². The Balaban J connectivity index is 1.27. The van der Waals surface area contributed by atoms with Gasteiger partial charge in [0.25, 0.3) is 0 Å². The molecular formula is C61H35N5. The minimum absolute atomic E-state index is 0.406. The van der Waals surface area contributed by atoms with Crippen LogP contribution >= 0.6 is 0 Å². The Morgan fingerprint density at radius 3 is 1.44 bits per heavy atom. The summed E-state index contributed by atoms with van der Waals surface area (Å²) in [6.45, 7) is 9.23. The molecule has 0 saturated heterocycles. The van der Waals surface area contributed by atoms with E-state index in [4.69, 9.17) is 4.98 Å². The van der Waals surface area contributed by atoms with Gasteiger partial charge in [0.15, 0.2) is 0 Å². The first kappa shape index (κ1) is 37.3. The molecule has 3 heterocycles. The Labute approximate surface area is 380 Å². The van der Waals surface area contributed by atoms with Crippen LogP contribution in [-0.2, 0) is 0 Å². The Morgan fingerprint density at radius 2 is 0.894 bits per heavy atom. The summed E-state index contributed by atoms with van der Waals surface area (Å²) < 4.78 is 4.59. The van der Waals surface area contributed by atoms with Crippen molar-refractivity contribution in [2.75, 3.05) is 0 Å². The zero-order valence-corrected chi connectivity index (χ0v) is 35.4. The van der Waals surface area contributed by atoms with Crippen molar-refractivity contribution in [3.8, 4) is 62.0 Å². The van der Waals surface area contributed by atoms with Gasteiger partial charge in [-0.3, -0.25) is 4.98 Å². The fourth-order valence-electron chi connectivity index (χ4n) is 10.6. The van der Waals surface area contributed by atoms with E-state index in [9.17, 15) is 11.8 Å². The molecule has 0 amide bonds. The lowest BCUT2D eigenvalue weighted by atomic mass is 9.88. The number of nitriles is 1. The second-order valence-corrected chi connectivity index (χ2v) is 16.8. The van der Waals surface area contributed by atoms with Crippen molar-refractivity contribution in [1.82, 2.24) is 14.1 Å². The number of hydrogen-bond donors (Lipinski definition) is 0. The highest BCUT2D eigenvalue weighted by Gasteiger charge is 2.32. The van der Waals surface area contributed by atoms with Crippen molar-refractivity contribution < 1.29 is 0 Å². The monoisotopic (exact) mass is 837 g/mol. The summed E-state index contributed by atoms with van der Waals surface area (Å²) in [5.74, 6) is 0. The van der Waals surface area contributed by atoms with Crippen LogP contribution in [0.25, 0.3) is 126 Å². The molecule has 5 nitrogen and oxygen atoms in total. The van der Waals surface area contributed by atoms with Gasteiger partial charge in [-0.05, 0) is 81.2 Å². The lowest BCUT2D eigenvalue weighted by Gasteiger charge is -2.25. The Hall–Kier alpha value is -9.29. The molecule has 0 aliphatic rings. The predicted molar refractivity (Wildman–Crippen MR) is 272 cm³/mol. The summed E-state index contributed by atoms with van der Waals surface area (Å²) in [5, 5.41) is 19.4. The van der Waals surface area contributed by atoms with Crippen LogP contribution in [0.3, 0.4) is 0 Å². The lowest BCUT2D eigenvalue weighted by Crippen LogP contribution is -2.08. The van der Waals surface area contributed by atoms with Crippen molar-refractivity contribution in [2.45, 2.75) is 0 Å². The smallest absolute Gasteiger partial charge is 0.220 e. The SMILES string of the molecule is [C-]#[N+]c1c(-c2ccccc2)c(C#N)c(-n2c3ccc(-c4ccccc4)cc3c3cc(-c4ccccc4)ccc32)c(-c2ccccc2)c1-n1c2cccc3c4cccnc4c4cccc1c4c32. The molecule has 66 heavy (non-hydrogen) atoms. The maximum Gasteiger partial charge on any atom is 0.220 e. The number of benzene rings is 10. The topological polar surface area (TPSA) is 50.9 Å². The predicted octanol–water partition coefficient (Wildman–Crippen LogP) is 16.1. The molecular weight excluding hydrogens is 803 g/mol. The molecule has 0 spiro atoms. The summed E-state index contributed by atoms with van der Waals surface area (Å²) >= 11 is 0. The van der Waals surface area contributed by atoms with Crippen LogP contribution in [0.15, 0.2) is 212 Å². The van der Waals surface area contributed by atoms with E-state index in [1.165, 1.54) is 0 Å². The third-order valence-corrected chi connectivity index (χ3v) is 13.4. The highest BCUT2D eigenvalue weighted by molar-refractivity contribution is 6.34. The van der Waals surface area contributed by atoms with Crippen LogP contribution in [0, 0.1) is 17.9 Å². The van der Waals surface area contributed by atoms with Crippen molar-refractivity contribution in [3.63, 3.8) is 0 Å². The van der Waals surface area contributed by atoms with Crippen molar-refractivity contribution in [3.05, 3.63) is 229 Å². The van der Waals surface area contributed by atoms with E-state index in [0.29, 0.717) is 28.2 Å². The molecule has 10 aromatic carbocycles. The molecule has 0 atom stereocenters. The number of aromatic nitrogens is 3. The minimum atomic E-state index is 0.406. The molecule has 0 bridgehead atoms. The van der Waals surface area contributed by atoms with Crippen LogP contribution in [0.4, 0.5) is 5.69 Å². The molecule has 0 fully saturated rings. The number of hydrogen-bond acceptors (Lipinski definition) is 2. The molecule has 304 valence electrons. The number of pyridine rings is 1. The van der Waals surface area contributed by atoms with Gasteiger partial charge in [0.05, 0.1) is 51.1 Å². The summed E-state index contributed by atoms with van der Waals surface area (Å²) in [7, 11) is 0. The zero-order valence-electron chi connectivity index (χ0n) is 35.4. The van der Waals surface area contributed by atoms with Crippen molar-refractivity contribution in [1.29, 1.82) is 5.26 Å². The molecule has 13 aromatic rings. The van der Waals surface area contributed by atoms with Crippen molar-refractivity contribution in [2.24, 2.45) is 0 Å². The Bertz CT molecular complexity index is 3970. The van der Waals surface area contributed by atoms with Gasteiger partial charge in [0.1, 0.15) is 6.07 Å². The maximum atomic E-state index is 11.8. The van der Waals surface area contributed by atoms with Gasteiger partial charge in [-0.1, -0.05) is 164 Å². The number of nitrogens with zero attached hydrogens (tertiary/aromatic N) is 5. The minimum Gasteiger partial charge on any atom is -0.318 e. The first-order valence-electron chi connectivity index (χ1n) is 22.1. The van der Waals surface area contributed by atoms with Crippen LogP contribution in [0.5, 0.6) is 0 Å². The molecule has 5 heteroatoms. The van der Waals surface area contributed by atoms with Crippen LogP contribution < -0.4 is 0 Å². The van der Waals surface area contributed by atoms with E-state index in [0.717, 1.165) is 104 Å². The van der Waals surface area contributed by atoms with E-state index < -0.39 is 0 Å². The van der Waals surface area contributed by atoms with Crippen LogP contribution in [0.2, 0.25) is 0 Å². The average molecular weight is 838 g/mol. The van der Waals surface area contributed by atoms with E-state index in [-0.39, 0.29) is 0 Å². The third kappa shape index (κ3) is 5.35. The molecule has 3 aromatic heterocycles. The zero-order chi connectivity index (χ0) is 43.9.